The lowest BCUT2D eigenvalue weighted by molar-refractivity contribution is 0.454. The van der Waals surface area contributed by atoms with Gasteiger partial charge in [-0.3, -0.25) is 0 Å². The number of rotatable bonds is 2. The van der Waals surface area contributed by atoms with Crippen molar-refractivity contribution in [2.24, 2.45) is 5.92 Å². The average molecular weight is 323 g/mol. The molecule has 4 nitrogen and oxygen atoms in total. The molecule has 0 spiro atoms. The van der Waals surface area contributed by atoms with Gasteiger partial charge in [0, 0.05) is 16.7 Å². The molecule has 5 heteroatoms. The first-order chi connectivity index (χ1) is 9.22. The fourth-order valence-corrected chi connectivity index (χ4v) is 3.12. The van der Waals surface area contributed by atoms with E-state index in [2.05, 4.69) is 38.3 Å². The van der Waals surface area contributed by atoms with E-state index in [0.29, 0.717) is 12.0 Å². The van der Waals surface area contributed by atoms with Crippen LogP contribution in [0.4, 0.5) is 5.95 Å². The highest BCUT2D eigenvalue weighted by Gasteiger charge is 2.20. The zero-order valence-corrected chi connectivity index (χ0v) is 12.7. The van der Waals surface area contributed by atoms with Crippen molar-refractivity contribution >= 4 is 27.5 Å². The molecule has 102 valence electrons. The van der Waals surface area contributed by atoms with Crippen LogP contribution in [0.3, 0.4) is 0 Å². The van der Waals surface area contributed by atoms with Crippen molar-refractivity contribution in [1.82, 2.24) is 14.6 Å². The lowest BCUT2D eigenvalue weighted by Crippen LogP contribution is -2.26. The van der Waals surface area contributed by atoms with Crippen LogP contribution < -0.4 is 5.32 Å². The molecule has 0 amide bonds. The zero-order chi connectivity index (χ0) is 13.2. The number of fused-ring (bicyclic) bond motifs is 1. The molecule has 0 radical (unpaired) electrons. The summed E-state index contributed by atoms with van der Waals surface area (Å²) in [5, 5.41) is 8.02. The second kappa shape index (κ2) is 5.49. The van der Waals surface area contributed by atoms with Crippen molar-refractivity contribution in [3.05, 3.63) is 22.8 Å². The van der Waals surface area contributed by atoms with E-state index < -0.39 is 0 Å². The van der Waals surface area contributed by atoms with Crippen molar-refractivity contribution in [2.75, 3.05) is 5.32 Å². The van der Waals surface area contributed by atoms with Crippen molar-refractivity contribution in [3.8, 4) is 0 Å². The molecule has 1 aliphatic carbocycles. The average Bonchev–Trinajstić information content (AvgIpc) is 2.66. The topological polar surface area (TPSA) is 42.2 Å². The van der Waals surface area contributed by atoms with Crippen LogP contribution >= 0.6 is 15.9 Å². The highest BCUT2D eigenvalue weighted by Crippen LogP contribution is 2.25. The lowest BCUT2D eigenvalue weighted by Gasteiger charge is -2.21. The van der Waals surface area contributed by atoms with Gasteiger partial charge in [-0.05, 0) is 46.8 Å². The van der Waals surface area contributed by atoms with E-state index in [-0.39, 0.29) is 0 Å². The van der Waals surface area contributed by atoms with E-state index in [1.807, 2.05) is 22.8 Å². The Morgan fingerprint density at radius 1 is 1.26 bits per heavy atom. The molecule has 1 aliphatic rings. The minimum absolute atomic E-state index is 0.503. The van der Waals surface area contributed by atoms with Gasteiger partial charge in [-0.15, -0.1) is 5.10 Å². The van der Waals surface area contributed by atoms with E-state index in [1.165, 1.54) is 32.1 Å². The Labute approximate surface area is 121 Å². The summed E-state index contributed by atoms with van der Waals surface area (Å²) in [5.74, 6) is 1.44. The van der Waals surface area contributed by atoms with Crippen LogP contribution in [-0.2, 0) is 0 Å². The second-order valence-corrected chi connectivity index (χ2v) is 6.37. The van der Waals surface area contributed by atoms with Crippen LogP contribution in [0.5, 0.6) is 0 Å². The normalized spacial score (nSPS) is 24.3. The summed E-state index contributed by atoms with van der Waals surface area (Å²) in [6, 6.07) is 4.46. The number of hydrogen-bond acceptors (Lipinski definition) is 3. The standard InChI is InChI=1S/C14H19BrN4/c1-10-5-3-2-4-6-12(10)16-14-17-13-8-7-11(15)9-19(13)18-14/h7-10,12H,2-6H2,1H3,(H,16,18). The highest BCUT2D eigenvalue weighted by atomic mass is 79.9. The Morgan fingerprint density at radius 2 is 2.11 bits per heavy atom. The number of anilines is 1. The highest BCUT2D eigenvalue weighted by molar-refractivity contribution is 9.10. The van der Waals surface area contributed by atoms with Gasteiger partial charge in [-0.1, -0.05) is 26.2 Å². The van der Waals surface area contributed by atoms with Gasteiger partial charge in [0.05, 0.1) is 0 Å². The molecule has 0 saturated heterocycles. The molecule has 19 heavy (non-hydrogen) atoms. The minimum atomic E-state index is 0.503. The summed E-state index contributed by atoms with van der Waals surface area (Å²) in [6.07, 6.45) is 8.47. The van der Waals surface area contributed by atoms with E-state index in [1.54, 1.807) is 0 Å². The van der Waals surface area contributed by atoms with Crippen LogP contribution in [0.2, 0.25) is 0 Å². The molecule has 0 bridgehead atoms. The molecular formula is C14H19BrN4. The molecule has 2 unspecified atom stereocenters. The maximum Gasteiger partial charge on any atom is 0.243 e. The van der Waals surface area contributed by atoms with Crippen LogP contribution in [0.1, 0.15) is 39.0 Å². The van der Waals surface area contributed by atoms with Crippen molar-refractivity contribution in [1.29, 1.82) is 0 Å². The molecule has 2 heterocycles. The molecule has 2 atom stereocenters. The van der Waals surface area contributed by atoms with Crippen LogP contribution in [0.15, 0.2) is 22.8 Å². The smallest absolute Gasteiger partial charge is 0.243 e. The largest absolute Gasteiger partial charge is 0.350 e. The van der Waals surface area contributed by atoms with Crippen molar-refractivity contribution < 1.29 is 0 Å². The SMILES string of the molecule is CC1CCCCCC1Nc1nc2ccc(Br)cn2n1. The van der Waals surface area contributed by atoms with Gasteiger partial charge in [0.15, 0.2) is 5.65 Å². The maximum absolute atomic E-state index is 4.53. The predicted molar refractivity (Wildman–Crippen MR) is 80.3 cm³/mol. The summed E-state index contributed by atoms with van der Waals surface area (Å²) >= 11 is 3.45. The van der Waals surface area contributed by atoms with Crippen LogP contribution in [0.25, 0.3) is 5.65 Å². The maximum atomic E-state index is 4.53. The van der Waals surface area contributed by atoms with Crippen molar-refractivity contribution in [2.45, 2.75) is 45.1 Å². The Balaban J connectivity index is 1.80. The molecule has 3 rings (SSSR count). The summed E-state index contributed by atoms with van der Waals surface area (Å²) in [7, 11) is 0. The van der Waals surface area contributed by atoms with E-state index in [0.717, 1.165) is 16.1 Å². The number of nitrogens with one attached hydrogen (secondary N) is 1. The van der Waals surface area contributed by atoms with E-state index in [9.17, 15) is 0 Å². The first-order valence-electron chi connectivity index (χ1n) is 7.01. The van der Waals surface area contributed by atoms with Gasteiger partial charge >= 0.3 is 0 Å². The van der Waals surface area contributed by atoms with Crippen LogP contribution in [0, 0.1) is 5.92 Å². The Morgan fingerprint density at radius 3 is 3.00 bits per heavy atom. The molecule has 0 aromatic carbocycles. The van der Waals surface area contributed by atoms with Crippen LogP contribution in [-0.4, -0.2) is 20.6 Å². The van der Waals surface area contributed by atoms with E-state index in [4.69, 9.17) is 0 Å². The molecule has 1 N–H and O–H groups in total. The van der Waals surface area contributed by atoms with Gasteiger partial charge in [0.1, 0.15) is 0 Å². The zero-order valence-electron chi connectivity index (χ0n) is 11.1. The predicted octanol–water partition coefficient (Wildman–Crippen LogP) is 3.87. The number of halogens is 1. The second-order valence-electron chi connectivity index (χ2n) is 5.45. The third-order valence-electron chi connectivity index (χ3n) is 3.97. The van der Waals surface area contributed by atoms with E-state index >= 15 is 0 Å². The first kappa shape index (κ1) is 12.9. The monoisotopic (exact) mass is 322 g/mol. The lowest BCUT2D eigenvalue weighted by atomic mass is 9.97. The quantitative estimate of drug-likeness (QED) is 0.853. The Bertz CT molecular complexity index is 566. The number of aromatic nitrogens is 3. The fraction of sp³-hybridized carbons (Fsp3) is 0.571. The van der Waals surface area contributed by atoms with Gasteiger partial charge < -0.3 is 5.32 Å². The summed E-state index contributed by atoms with van der Waals surface area (Å²) in [6.45, 7) is 2.33. The molecule has 0 aliphatic heterocycles. The number of nitrogens with zero attached hydrogens (tertiary/aromatic N) is 3. The number of pyridine rings is 1. The Hall–Kier alpha value is -1.10. The Kier molecular flexibility index (Phi) is 3.73. The third kappa shape index (κ3) is 2.91. The van der Waals surface area contributed by atoms with Gasteiger partial charge in [0.2, 0.25) is 5.95 Å². The molecule has 2 aromatic heterocycles. The van der Waals surface area contributed by atoms with Crippen molar-refractivity contribution in [3.63, 3.8) is 0 Å². The van der Waals surface area contributed by atoms with Gasteiger partial charge in [-0.25, -0.2) is 4.52 Å². The first-order valence-corrected chi connectivity index (χ1v) is 7.80. The number of hydrogen-bond donors (Lipinski definition) is 1. The fourth-order valence-electron chi connectivity index (χ4n) is 2.79. The molecule has 1 saturated carbocycles. The van der Waals surface area contributed by atoms with Gasteiger partial charge in [0.25, 0.3) is 0 Å². The summed E-state index contributed by atoms with van der Waals surface area (Å²) < 4.78 is 2.83. The third-order valence-corrected chi connectivity index (χ3v) is 4.44. The summed E-state index contributed by atoms with van der Waals surface area (Å²) in [5.41, 5.74) is 0.881. The summed E-state index contributed by atoms with van der Waals surface area (Å²) in [4.78, 5) is 4.53. The molecule has 2 aromatic rings. The van der Waals surface area contributed by atoms with Gasteiger partial charge in [-0.2, -0.15) is 4.98 Å². The minimum Gasteiger partial charge on any atom is -0.350 e. The molecule has 1 fully saturated rings. The molecular weight excluding hydrogens is 304 g/mol.